The number of aliphatic hydroxyl groups is 1. The molecule has 12 heteroatoms. The number of fused-ring (bicyclic) bond motifs is 2. The molecule has 12 nitrogen and oxygen atoms in total. The topological polar surface area (TPSA) is 138 Å². The summed E-state index contributed by atoms with van der Waals surface area (Å²) < 4.78 is 18.5. The second-order valence-corrected chi connectivity index (χ2v) is 13.3. The zero-order valence-corrected chi connectivity index (χ0v) is 27.5. The Balaban J connectivity index is 1.32. The minimum atomic E-state index is -1.36. The third kappa shape index (κ3) is 7.22. The first-order chi connectivity index (χ1) is 23.4. The van der Waals surface area contributed by atoms with E-state index >= 15 is 0 Å². The summed E-state index contributed by atoms with van der Waals surface area (Å²) in [6.45, 7) is 5.03. The molecule has 0 saturated carbocycles. The summed E-state index contributed by atoms with van der Waals surface area (Å²) in [6, 6.07) is 8.30. The number of rotatable bonds is 10. The minimum absolute atomic E-state index is 0.0966. The van der Waals surface area contributed by atoms with Crippen LogP contribution < -0.4 is 5.32 Å². The van der Waals surface area contributed by atoms with Crippen molar-refractivity contribution < 1.29 is 38.5 Å². The van der Waals surface area contributed by atoms with Gasteiger partial charge in [0.15, 0.2) is 0 Å². The molecule has 0 aromatic heterocycles. The summed E-state index contributed by atoms with van der Waals surface area (Å²) in [5.74, 6) is -3.18. The number of carbonyl (C=O) groups excluding carboxylic acids is 4. The highest BCUT2D eigenvalue weighted by molar-refractivity contribution is 5.99. The van der Waals surface area contributed by atoms with Crippen LogP contribution in [0.15, 0.2) is 54.6 Å². The van der Waals surface area contributed by atoms with Crippen molar-refractivity contribution >= 4 is 23.7 Å². The van der Waals surface area contributed by atoms with E-state index in [0.29, 0.717) is 58.7 Å². The van der Waals surface area contributed by atoms with Crippen molar-refractivity contribution in [2.45, 2.75) is 62.4 Å². The maximum absolute atomic E-state index is 14.6. The summed E-state index contributed by atoms with van der Waals surface area (Å²) in [6.07, 6.45) is 9.36. The first-order valence-electron chi connectivity index (χ1n) is 17.5. The quantitative estimate of drug-likeness (QED) is 0.217. The van der Waals surface area contributed by atoms with Crippen LogP contribution in [-0.2, 0) is 33.4 Å². The van der Waals surface area contributed by atoms with Gasteiger partial charge in [0.05, 0.1) is 31.8 Å². The largest absolute Gasteiger partial charge is 0.455 e. The Kier molecular flexibility index (Phi) is 11.3. The fourth-order valence-corrected chi connectivity index (χ4v) is 7.73. The van der Waals surface area contributed by atoms with Crippen molar-refractivity contribution in [1.82, 2.24) is 20.0 Å². The molecule has 0 bridgehead atoms. The highest BCUT2D eigenvalue weighted by Gasteiger charge is 2.71. The number of amides is 3. The molecule has 0 unspecified atom stereocenters. The number of unbranched alkanes of at least 4 members (excludes halogenated alkanes) is 3. The van der Waals surface area contributed by atoms with E-state index in [0.717, 1.165) is 31.5 Å². The molecule has 1 spiro atoms. The van der Waals surface area contributed by atoms with E-state index in [1.165, 1.54) is 0 Å². The van der Waals surface area contributed by atoms with Crippen LogP contribution in [0.2, 0.25) is 0 Å². The molecular weight excluding hydrogens is 616 g/mol. The van der Waals surface area contributed by atoms with Crippen molar-refractivity contribution in [2.75, 3.05) is 65.6 Å². The van der Waals surface area contributed by atoms with Gasteiger partial charge in [-0.2, -0.15) is 0 Å². The number of hydrogen-bond donors (Lipinski definition) is 2. The Morgan fingerprint density at radius 1 is 0.917 bits per heavy atom. The van der Waals surface area contributed by atoms with Crippen molar-refractivity contribution in [1.29, 1.82) is 0 Å². The molecule has 1 aromatic carbocycles. The van der Waals surface area contributed by atoms with E-state index in [1.807, 2.05) is 48.6 Å². The number of carbonyl (C=O) groups is 4. The molecule has 5 aliphatic rings. The predicted molar refractivity (Wildman–Crippen MR) is 175 cm³/mol. The number of ether oxygens (including phenoxy) is 3. The molecule has 6 atom stereocenters. The van der Waals surface area contributed by atoms with E-state index in [2.05, 4.69) is 10.2 Å². The van der Waals surface area contributed by atoms with Gasteiger partial charge in [0.25, 0.3) is 0 Å². The number of morpholine rings is 1. The van der Waals surface area contributed by atoms with Crippen LogP contribution in [0.3, 0.4) is 0 Å². The van der Waals surface area contributed by atoms with Gasteiger partial charge in [-0.15, -0.1) is 0 Å². The number of nitrogens with zero attached hydrogens (tertiary/aromatic N) is 3. The number of allylic oxidation sites excluding steroid dienone is 1. The molecule has 2 N–H and O–H groups in total. The first-order valence-corrected chi connectivity index (χ1v) is 17.5. The number of aliphatic hydroxyl groups excluding tert-OH is 1. The van der Waals surface area contributed by atoms with Crippen molar-refractivity contribution in [3.8, 4) is 0 Å². The molecule has 260 valence electrons. The van der Waals surface area contributed by atoms with Crippen LogP contribution in [0.25, 0.3) is 0 Å². The van der Waals surface area contributed by atoms with Gasteiger partial charge < -0.3 is 34.4 Å². The Hall–Kier alpha value is -3.58. The zero-order chi connectivity index (χ0) is 33.5. The van der Waals surface area contributed by atoms with Gasteiger partial charge >= 0.3 is 5.97 Å². The van der Waals surface area contributed by atoms with Gasteiger partial charge in [-0.05, 0) is 24.8 Å². The third-order valence-electron chi connectivity index (χ3n) is 10.2. The molecule has 1 aromatic rings. The summed E-state index contributed by atoms with van der Waals surface area (Å²) in [4.78, 5) is 61.8. The van der Waals surface area contributed by atoms with Crippen LogP contribution in [0, 0.1) is 11.8 Å². The third-order valence-corrected chi connectivity index (χ3v) is 10.2. The molecule has 3 saturated heterocycles. The van der Waals surface area contributed by atoms with Crippen LogP contribution in [-0.4, -0.2) is 127 Å². The fourth-order valence-electron chi connectivity index (χ4n) is 7.73. The average Bonchev–Trinajstić information content (AvgIpc) is 3.49. The normalized spacial score (nSPS) is 32.0. The maximum Gasteiger partial charge on any atom is 0.313 e. The summed E-state index contributed by atoms with van der Waals surface area (Å²) in [5.41, 5.74) is -0.633. The standard InChI is InChI=1S/C36H48N4O8/c41-22-9-2-1-8-17-40-32-34(44)39(19-18-38-20-23-46-24-21-38)16-10-15-36(32)31(33(40)43)30-27(48-36)13-6-7-14-29(42)37-25-28(47-35(30)45)26-11-4-3-5-12-26/h3-6,10-13,15,27-28,30-32,41H,1-2,7-9,14,16-25H2,(H,37,42)/b13-6-/t27-,28+,30+,31+,32-,36+/m0/s1. The molecule has 0 aliphatic carbocycles. The monoisotopic (exact) mass is 664 g/mol. The van der Waals surface area contributed by atoms with Crippen molar-refractivity contribution in [3.05, 3.63) is 60.2 Å². The number of likely N-dealkylation sites (tertiary alicyclic amines) is 1. The highest BCUT2D eigenvalue weighted by atomic mass is 16.6. The fraction of sp³-hybridized carbons (Fsp3) is 0.611. The molecule has 3 amide bonds. The molecule has 6 rings (SSSR count). The number of nitrogens with one attached hydrogen (secondary N) is 1. The minimum Gasteiger partial charge on any atom is -0.455 e. The molecule has 5 aliphatic heterocycles. The number of cyclic esters (lactones) is 1. The van der Waals surface area contributed by atoms with Crippen LogP contribution >= 0.6 is 0 Å². The predicted octanol–water partition coefficient (Wildman–Crippen LogP) is 1.60. The van der Waals surface area contributed by atoms with Gasteiger partial charge in [0.2, 0.25) is 17.7 Å². The first kappa shape index (κ1) is 34.3. The number of esters is 1. The van der Waals surface area contributed by atoms with Gasteiger partial charge in [0, 0.05) is 52.3 Å². The van der Waals surface area contributed by atoms with Crippen molar-refractivity contribution in [2.24, 2.45) is 11.8 Å². The Labute approximate surface area is 282 Å². The second kappa shape index (κ2) is 15.8. The van der Waals surface area contributed by atoms with Crippen LogP contribution in [0.1, 0.15) is 50.2 Å². The zero-order valence-electron chi connectivity index (χ0n) is 27.5. The van der Waals surface area contributed by atoms with E-state index in [9.17, 15) is 24.3 Å². The Morgan fingerprint density at radius 3 is 2.50 bits per heavy atom. The molecule has 5 heterocycles. The molecule has 0 radical (unpaired) electrons. The lowest BCUT2D eigenvalue weighted by Crippen LogP contribution is -2.56. The van der Waals surface area contributed by atoms with Gasteiger partial charge in [-0.3, -0.25) is 24.1 Å². The number of benzene rings is 1. The van der Waals surface area contributed by atoms with E-state index in [-0.39, 0.29) is 37.3 Å². The summed E-state index contributed by atoms with van der Waals surface area (Å²) in [5, 5.41) is 12.1. The SMILES string of the molecule is O=C1CC/C=C\[C@@H]2O[C@@]34C=CCN(CCN5CCOCC5)C(=O)[C@@H]3N(CCCCCCO)C(=O)[C@H]4[C@@H]2C(=O)O[C@@H](c2ccccc2)CN1. The number of hydrogen-bond acceptors (Lipinski definition) is 9. The lowest BCUT2D eigenvalue weighted by molar-refractivity contribution is -0.160. The second-order valence-electron chi connectivity index (χ2n) is 13.3. The van der Waals surface area contributed by atoms with Crippen molar-refractivity contribution in [3.63, 3.8) is 0 Å². The van der Waals surface area contributed by atoms with Crippen LogP contribution in [0.4, 0.5) is 0 Å². The average molecular weight is 665 g/mol. The summed E-state index contributed by atoms with van der Waals surface area (Å²) >= 11 is 0. The lowest BCUT2D eigenvalue weighted by atomic mass is 9.78. The Morgan fingerprint density at radius 2 is 1.71 bits per heavy atom. The Bertz CT molecular complexity index is 1360. The van der Waals surface area contributed by atoms with E-state index in [1.54, 1.807) is 15.9 Å². The van der Waals surface area contributed by atoms with E-state index in [4.69, 9.17) is 14.2 Å². The van der Waals surface area contributed by atoms with Crippen LogP contribution in [0.5, 0.6) is 0 Å². The summed E-state index contributed by atoms with van der Waals surface area (Å²) in [7, 11) is 0. The van der Waals surface area contributed by atoms with E-state index < -0.39 is 41.7 Å². The smallest absolute Gasteiger partial charge is 0.313 e. The molecular formula is C36H48N4O8. The van der Waals surface area contributed by atoms with Gasteiger partial charge in [0.1, 0.15) is 23.7 Å². The maximum atomic E-state index is 14.6. The van der Waals surface area contributed by atoms with Gasteiger partial charge in [-0.25, -0.2) is 0 Å². The lowest BCUT2D eigenvalue weighted by Gasteiger charge is -2.36. The molecule has 3 fully saturated rings. The highest BCUT2D eigenvalue weighted by Crippen LogP contribution is 2.53. The van der Waals surface area contributed by atoms with Gasteiger partial charge in [-0.1, -0.05) is 67.5 Å². The molecule has 48 heavy (non-hydrogen) atoms.